The van der Waals surface area contributed by atoms with E-state index < -0.39 is 10.0 Å². The summed E-state index contributed by atoms with van der Waals surface area (Å²) >= 11 is 3.25. The maximum atomic E-state index is 12.1. The maximum Gasteiger partial charge on any atom is 0.241 e. The van der Waals surface area contributed by atoms with Gasteiger partial charge in [-0.1, -0.05) is 12.1 Å². The third-order valence-corrected chi connectivity index (χ3v) is 5.21. The van der Waals surface area contributed by atoms with Crippen molar-refractivity contribution in [3.63, 3.8) is 0 Å². The van der Waals surface area contributed by atoms with Crippen molar-refractivity contribution in [2.24, 2.45) is 0 Å². The highest BCUT2D eigenvalue weighted by molar-refractivity contribution is 9.10. The van der Waals surface area contributed by atoms with Crippen molar-refractivity contribution in [2.75, 3.05) is 19.8 Å². The van der Waals surface area contributed by atoms with Crippen molar-refractivity contribution in [2.45, 2.75) is 37.9 Å². The van der Waals surface area contributed by atoms with Crippen LogP contribution in [0, 0.1) is 0 Å². The van der Waals surface area contributed by atoms with Crippen LogP contribution in [0.4, 0.5) is 0 Å². The van der Waals surface area contributed by atoms with Gasteiger partial charge in [0.15, 0.2) is 6.29 Å². The predicted molar refractivity (Wildman–Crippen MR) is 85.6 cm³/mol. The molecule has 0 aliphatic rings. The third-order valence-electron chi connectivity index (χ3n) is 2.74. The van der Waals surface area contributed by atoms with E-state index >= 15 is 0 Å². The average Bonchev–Trinajstić information content (AvgIpc) is 2.44. The molecule has 0 aliphatic carbocycles. The summed E-state index contributed by atoms with van der Waals surface area (Å²) in [5.41, 5.74) is 0. The van der Waals surface area contributed by atoms with E-state index in [0.29, 0.717) is 37.1 Å². The Bertz CT molecular complexity index is 515. The van der Waals surface area contributed by atoms with Gasteiger partial charge in [0.1, 0.15) is 0 Å². The summed E-state index contributed by atoms with van der Waals surface area (Å²) in [6, 6.07) is 6.74. The van der Waals surface area contributed by atoms with Gasteiger partial charge < -0.3 is 9.47 Å². The normalized spacial score (nSPS) is 12.0. The minimum Gasteiger partial charge on any atom is -0.353 e. The zero-order valence-corrected chi connectivity index (χ0v) is 14.7. The molecule has 1 aromatic rings. The fourth-order valence-corrected chi connectivity index (χ4v) is 3.88. The van der Waals surface area contributed by atoms with Crippen molar-refractivity contribution in [3.8, 4) is 0 Å². The van der Waals surface area contributed by atoms with Crippen LogP contribution in [0.25, 0.3) is 0 Å². The molecule has 1 aromatic carbocycles. The van der Waals surface area contributed by atoms with Gasteiger partial charge in [0.2, 0.25) is 10.0 Å². The largest absolute Gasteiger partial charge is 0.353 e. The van der Waals surface area contributed by atoms with Crippen LogP contribution >= 0.6 is 15.9 Å². The van der Waals surface area contributed by atoms with Crippen LogP contribution in [0.15, 0.2) is 33.6 Å². The summed E-state index contributed by atoms with van der Waals surface area (Å²) < 4.78 is 38.3. The van der Waals surface area contributed by atoms with E-state index in [1.54, 1.807) is 24.3 Å². The Hall–Kier alpha value is -0.470. The van der Waals surface area contributed by atoms with Gasteiger partial charge in [0.05, 0.1) is 4.90 Å². The lowest BCUT2D eigenvalue weighted by atomic mass is 10.3. The molecule has 0 atom stereocenters. The first-order valence-corrected chi connectivity index (χ1v) is 9.26. The molecule has 0 aliphatic heterocycles. The van der Waals surface area contributed by atoms with E-state index in [0.717, 1.165) is 0 Å². The Labute approximate surface area is 135 Å². The molecule has 0 saturated carbocycles. The van der Waals surface area contributed by atoms with Gasteiger partial charge in [0, 0.05) is 24.2 Å². The van der Waals surface area contributed by atoms with Crippen LogP contribution in [0.1, 0.15) is 26.7 Å². The smallest absolute Gasteiger partial charge is 0.241 e. The molecule has 120 valence electrons. The molecule has 1 N–H and O–H groups in total. The van der Waals surface area contributed by atoms with Gasteiger partial charge in [-0.2, -0.15) is 0 Å². The molecule has 0 aromatic heterocycles. The molecule has 7 heteroatoms. The minimum absolute atomic E-state index is 0.246. The van der Waals surface area contributed by atoms with Crippen molar-refractivity contribution in [3.05, 3.63) is 28.7 Å². The molecule has 0 heterocycles. The standard InChI is InChI=1S/C14H22BrNO4S/c1-3-19-14(20-4-2)10-7-11-16-21(17,18)13-9-6-5-8-12(13)15/h5-6,8-9,14,16H,3-4,7,10-11H2,1-2H3. The second kappa shape index (κ2) is 9.53. The summed E-state index contributed by atoms with van der Waals surface area (Å²) in [5, 5.41) is 0. The second-order valence-electron chi connectivity index (χ2n) is 4.31. The molecule has 0 radical (unpaired) electrons. The van der Waals surface area contributed by atoms with Gasteiger partial charge in [-0.3, -0.25) is 0 Å². The van der Waals surface area contributed by atoms with Crippen molar-refractivity contribution < 1.29 is 17.9 Å². The van der Waals surface area contributed by atoms with Crippen LogP contribution in [0.3, 0.4) is 0 Å². The van der Waals surface area contributed by atoms with E-state index in [1.807, 2.05) is 13.8 Å². The summed E-state index contributed by atoms with van der Waals surface area (Å²) in [5.74, 6) is 0. The van der Waals surface area contributed by atoms with Gasteiger partial charge >= 0.3 is 0 Å². The summed E-state index contributed by atoms with van der Waals surface area (Å²) in [6.45, 7) is 5.31. The highest BCUT2D eigenvalue weighted by Gasteiger charge is 2.16. The van der Waals surface area contributed by atoms with Crippen LogP contribution in [-0.2, 0) is 19.5 Å². The van der Waals surface area contributed by atoms with E-state index in [1.165, 1.54) is 0 Å². The lowest BCUT2D eigenvalue weighted by Gasteiger charge is -2.16. The zero-order chi connectivity index (χ0) is 15.7. The third kappa shape index (κ3) is 6.44. The number of ether oxygens (including phenoxy) is 2. The molecule has 0 spiro atoms. The number of nitrogens with one attached hydrogen (secondary N) is 1. The Kier molecular flexibility index (Phi) is 8.43. The van der Waals surface area contributed by atoms with E-state index in [-0.39, 0.29) is 11.2 Å². The van der Waals surface area contributed by atoms with E-state index in [2.05, 4.69) is 20.7 Å². The average molecular weight is 380 g/mol. The monoisotopic (exact) mass is 379 g/mol. The fourth-order valence-electron chi connectivity index (χ4n) is 1.80. The molecule has 5 nitrogen and oxygen atoms in total. The number of benzene rings is 1. The molecule has 0 saturated heterocycles. The van der Waals surface area contributed by atoms with E-state index in [9.17, 15) is 8.42 Å². The molecule has 0 unspecified atom stereocenters. The molecule has 21 heavy (non-hydrogen) atoms. The van der Waals surface area contributed by atoms with E-state index in [4.69, 9.17) is 9.47 Å². The Morgan fingerprint density at radius 3 is 2.38 bits per heavy atom. The SMILES string of the molecule is CCOC(CCCNS(=O)(=O)c1ccccc1Br)OCC. The quantitative estimate of drug-likeness (QED) is 0.501. The molecule has 1 rings (SSSR count). The van der Waals surface area contributed by atoms with Crippen LogP contribution < -0.4 is 4.72 Å². The molecular weight excluding hydrogens is 358 g/mol. The summed E-state index contributed by atoms with van der Waals surface area (Å²) in [6.07, 6.45) is 1.03. The number of halogens is 1. The fraction of sp³-hybridized carbons (Fsp3) is 0.571. The Balaban J connectivity index is 2.46. The first-order valence-electron chi connectivity index (χ1n) is 6.98. The summed E-state index contributed by atoms with van der Waals surface area (Å²) in [4.78, 5) is 0.246. The highest BCUT2D eigenvalue weighted by atomic mass is 79.9. The molecule has 0 amide bonds. The lowest BCUT2D eigenvalue weighted by molar-refractivity contribution is -0.139. The number of hydrogen-bond acceptors (Lipinski definition) is 4. The number of rotatable bonds is 10. The Morgan fingerprint density at radius 1 is 1.19 bits per heavy atom. The van der Waals surface area contributed by atoms with Crippen molar-refractivity contribution >= 4 is 26.0 Å². The van der Waals surface area contributed by atoms with Crippen LogP contribution in [-0.4, -0.2) is 34.5 Å². The predicted octanol–water partition coefficient (Wildman–Crippen LogP) is 2.91. The molecule has 0 bridgehead atoms. The number of sulfonamides is 1. The van der Waals surface area contributed by atoms with Crippen molar-refractivity contribution in [1.29, 1.82) is 0 Å². The van der Waals surface area contributed by atoms with Gasteiger partial charge in [-0.25, -0.2) is 13.1 Å². The van der Waals surface area contributed by atoms with Crippen LogP contribution in [0.5, 0.6) is 0 Å². The summed E-state index contributed by atoms with van der Waals surface area (Å²) in [7, 11) is -3.49. The first kappa shape index (κ1) is 18.6. The molecular formula is C14H22BrNO4S. The van der Waals surface area contributed by atoms with Gasteiger partial charge in [-0.05, 0) is 54.8 Å². The van der Waals surface area contributed by atoms with Crippen LogP contribution in [0.2, 0.25) is 0 Å². The van der Waals surface area contributed by atoms with Crippen molar-refractivity contribution in [1.82, 2.24) is 4.72 Å². The van der Waals surface area contributed by atoms with Gasteiger partial charge in [-0.15, -0.1) is 0 Å². The molecule has 0 fully saturated rings. The topological polar surface area (TPSA) is 64.6 Å². The van der Waals surface area contributed by atoms with Gasteiger partial charge in [0.25, 0.3) is 0 Å². The lowest BCUT2D eigenvalue weighted by Crippen LogP contribution is -2.26. The minimum atomic E-state index is -3.49. The second-order valence-corrected chi connectivity index (χ2v) is 6.90. The zero-order valence-electron chi connectivity index (χ0n) is 12.3. The maximum absolute atomic E-state index is 12.1. The number of hydrogen-bond donors (Lipinski definition) is 1. The highest BCUT2D eigenvalue weighted by Crippen LogP contribution is 2.20. The Morgan fingerprint density at radius 2 is 1.81 bits per heavy atom. The first-order chi connectivity index (χ1) is 10.0.